The molecule has 1 aliphatic rings. The minimum absolute atomic E-state index is 0.192. The van der Waals surface area contributed by atoms with Crippen molar-refractivity contribution in [1.29, 1.82) is 0 Å². The summed E-state index contributed by atoms with van der Waals surface area (Å²) in [6.45, 7) is 1.99. The second kappa shape index (κ2) is 5.33. The molecule has 1 fully saturated rings. The lowest BCUT2D eigenvalue weighted by Crippen LogP contribution is -2.22. The van der Waals surface area contributed by atoms with Gasteiger partial charge in [0.25, 0.3) is 0 Å². The maximum Gasteiger partial charge on any atom is 0.151 e. The summed E-state index contributed by atoms with van der Waals surface area (Å²) in [7, 11) is 0. The summed E-state index contributed by atoms with van der Waals surface area (Å²) in [5.74, 6) is 4.41. The highest BCUT2D eigenvalue weighted by Crippen LogP contribution is 2.31. The summed E-state index contributed by atoms with van der Waals surface area (Å²) >= 11 is 0. The number of rotatable bonds is 3. The molecule has 1 unspecified atom stereocenters. The Morgan fingerprint density at radius 1 is 1.41 bits per heavy atom. The van der Waals surface area contributed by atoms with Crippen molar-refractivity contribution < 1.29 is 0 Å². The minimum atomic E-state index is -0.192. The molecule has 0 bridgehead atoms. The van der Waals surface area contributed by atoms with Gasteiger partial charge in [-0.2, -0.15) is 0 Å². The summed E-state index contributed by atoms with van der Waals surface area (Å²) in [6.07, 6.45) is 12.1. The van der Waals surface area contributed by atoms with Gasteiger partial charge >= 0.3 is 0 Å². The Hall–Kier alpha value is -1.34. The van der Waals surface area contributed by atoms with E-state index in [0.717, 1.165) is 11.6 Å². The fourth-order valence-electron chi connectivity index (χ4n) is 2.65. The molecule has 0 aromatic carbocycles. The van der Waals surface area contributed by atoms with Gasteiger partial charge in [0.05, 0.1) is 6.04 Å². The predicted octanol–water partition coefficient (Wildman–Crippen LogP) is 2.11. The van der Waals surface area contributed by atoms with Crippen LogP contribution in [-0.2, 0) is 0 Å². The number of aryl methyl sites for hydroxylation is 1. The van der Waals surface area contributed by atoms with Crippen molar-refractivity contribution in [3.8, 4) is 12.3 Å². The number of nitrogens with zero attached hydrogens (tertiary/aromatic N) is 3. The van der Waals surface area contributed by atoms with Crippen LogP contribution in [-0.4, -0.2) is 14.8 Å². The lowest BCUT2D eigenvalue weighted by atomic mass is 9.95. The van der Waals surface area contributed by atoms with E-state index in [4.69, 9.17) is 12.2 Å². The molecule has 17 heavy (non-hydrogen) atoms. The average molecular weight is 232 g/mol. The monoisotopic (exact) mass is 232 g/mol. The molecule has 1 aromatic rings. The standard InChI is InChI=1S/C13H20N4/c1-3-7-12(14)13-16-15-10(2)17(13)11-8-5-4-6-9-11/h1,11-12H,4-9,14H2,2H3. The van der Waals surface area contributed by atoms with Gasteiger partial charge in [0.15, 0.2) is 5.82 Å². The first-order valence-electron chi connectivity index (χ1n) is 6.34. The minimum Gasteiger partial charge on any atom is -0.321 e. The molecular weight excluding hydrogens is 212 g/mol. The van der Waals surface area contributed by atoms with Crippen molar-refractivity contribution in [2.45, 2.75) is 57.5 Å². The zero-order valence-electron chi connectivity index (χ0n) is 10.4. The summed E-state index contributed by atoms with van der Waals surface area (Å²) < 4.78 is 2.21. The van der Waals surface area contributed by atoms with Crippen LogP contribution in [0.2, 0.25) is 0 Å². The van der Waals surface area contributed by atoms with Gasteiger partial charge in [-0.05, 0) is 19.8 Å². The molecule has 0 saturated heterocycles. The van der Waals surface area contributed by atoms with Crippen molar-refractivity contribution in [1.82, 2.24) is 14.8 Å². The highest BCUT2D eigenvalue weighted by atomic mass is 15.3. The zero-order valence-corrected chi connectivity index (χ0v) is 10.4. The van der Waals surface area contributed by atoms with Crippen molar-refractivity contribution in [3.63, 3.8) is 0 Å². The van der Waals surface area contributed by atoms with Gasteiger partial charge in [-0.25, -0.2) is 0 Å². The quantitative estimate of drug-likeness (QED) is 0.812. The molecule has 0 aliphatic heterocycles. The molecule has 0 radical (unpaired) electrons. The summed E-state index contributed by atoms with van der Waals surface area (Å²) in [4.78, 5) is 0. The van der Waals surface area contributed by atoms with E-state index in [1.807, 2.05) is 6.92 Å². The van der Waals surface area contributed by atoms with Crippen LogP contribution in [0.25, 0.3) is 0 Å². The molecule has 1 atom stereocenters. The van der Waals surface area contributed by atoms with E-state index >= 15 is 0 Å². The Morgan fingerprint density at radius 2 is 2.12 bits per heavy atom. The van der Waals surface area contributed by atoms with E-state index in [9.17, 15) is 0 Å². The molecule has 0 amide bonds. The molecule has 1 saturated carbocycles. The smallest absolute Gasteiger partial charge is 0.151 e. The number of aromatic nitrogens is 3. The Kier molecular flexibility index (Phi) is 3.80. The van der Waals surface area contributed by atoms with Gasteiger partial charge in [0.2, 0.25) is 0 Å². The maximum absolute atomic E-state index is 6.06. The molecule has 2 rings (SSSR count). The third kappa shape index (κ3) is 2.50. The van der Waals surface area contributed by atoms with E-state index in [0.29, 0.717) is 12.5 Å². The number of nitrogens with two attached hydrogens (primary N) is 1. The fraction of sp³-hybridized carbons (Fsp3) is 0.692. The number of hydrogen-bond acceptors (Lipinski definition) is 3. The molecule has 1 heterocycles. The topological polar surface area (TPSA) is 56.7 Å². The van der Waals surface area contributed by atoms with Crippen molar-refractivity contribution in [2.24, 2.45) is 5.73 Å². The highest BCUT2D eigenvalue weighted by Gasteiger charge is 2.23. The van der Waals surface area contributed by atoms with Crippen LogP contribution in [0.15, 0.2) is 0 Å². The maximum atomic E-state index is 6.06. The second-order valence-electron chi connectivity index (χ2n) is 4.78. The first-order chi connectivity index (χ1) is 8.24. The first-order valence-corrected chi connectivity index (χ1v) is 6.34. The molecular formula is C13H20N4. The Balaban J connectivity index is 2.25. The Labute approximate surface area is 103 Å². The largest absolute Gasteiger partial charge is 0.321 e. The number of terminal acetylenes is 1. The Bertz CT molecular complexity index is 410. The molecule has 4 heteroatoms. The van der Waals surface area contributed by atoms with Gasteiger partial charge in [-0.15, -0.1) is 22.5 Å². The van der Waals surface area contributed by atoms with Gasteiger partial charge in [0, 0.05) is 12.5 Å². The summed E-state index contributed by atoms with van der Waals surface area (Å²) in [5, 5.41) is 8.36. The van der Waals surface area contributed by atoms with Crippen LogP contribution in [0.1, 0.15) is 62.3 Å². The zero-order chi connectivity index (χ0) is 12.3. The fourth-order valence-corrected chi connectivity index (χ4v) is 2.65. The summed E-state index contributed by atoms with van der Waals surface area (Å²) in [5.41, 5.74) is 6.06. The molecule has 1 aromatic heterocycles. The van der Waals surface area contributed by atoms with Gasteiger partial charge < -0.3 is 10.3 Å². The van der Waals surface area contributed by atoms with E-state index in [-0.39, 0.29) is 6.04 Å². The molecule has 92 valence electrons. The molecule has 4 nitrogen and oxygen atoms in total. The SMILES string of the molecule is C#CCC(N)c1nnc(C)n1C1CCCCC1. The van der Waals surface area contributed by atoms with E-state index in [2.05, 4.69) is 20.7 Å². The first kappa shape index (κ1) is 12.1. The van der Waals surface area contributed by atoms with E-state index in [1.54, 1.807) is 0 Å². The normalized spacial score (nSPS) is 18.9. The van der Waals surface area contributed by atoms with Crippen LogP contribution < -0.4 is 5.73 Å². The van der Waals surface area contributed by atoms with Crippen LogP contribution in [0, 0.1) is 19.3 Å². The average Bonchev–Trinajstić information content (AvgIpc) is 2.73. The third-order valence-electron chi connectivity index (χ3n) is 3.50. The van der Waals surface area contributed by atoms with Crippen LogP contribution in [0.4, 0.5) is 0 Å². The summed E-state index contributed by atoms with van der Waals surface area (Å²) in [6, 6.07) is 0.320. The Morgan fingerprint density at radius 3 is 2.76 bits per heavy atom. The lowest BCUT2D eigenvalue weighted by molar-refractivity contribution is 0.336. The second-order valence-corrected chi connectivity index (χ2v) is 4.78. The molecule has 2 N–H and O–H groups in total. The molecule has 1 aliphatic carbocycles. The predicted molar refractivity (Wildman–Crippen MR) is 67.3 cm³/mol. The number of hydrogen-bond donors (Lipinski definition) is 1. The third-order valence-corrected chi connectivity index (χ3v) is 3.50. The van der Waals surface area contributed by atoms with Gasteiger partial charge in [-0.1, -0.05) is 19.3 Å². The highest BCUT2D eigenvalue weighted by molar-refractivity contribution is 5.06. The molecule has 0 spiro atoms. The van der Waals surface area contributed by atoms with Crippen LogP contribution >= 0.6 is 0 Å². The van der Waals surface area contributed by atoms with Crippen molar-refractivity contribution in [3.05, 3.63) is 11.6 Å². The van der Waals surface area contributed by atoms with Gasteiger partial charge in [-0.3, -0.25) is 0 Å². The van der Waals surface area contributed by atoms with Crippen molar-refractivity contribution >= 4 is 0 Å². The van der Waals surface area contributed by atoms with E-state index < -0.39 is 0 Å². The van der Waals surface area contributed by atoms with Crippen LogP contribution in [0.3, 0.4) is 0 Å². The van der Waals surface area contributed by atoms with Gasteiger partial charge in [0.1, 0.15) is 5.82 Å². The van der Waals surface area contributed by atoms with E-state index in [1.165, 1.54) is 32.1 Å². The van der Waals surface area contributed by atoms with Crippen LogP contribution in [0.5, 0.6) is 0 Å². The lowest BCUT2D eigenvalue weighted by Gasteiger charge is -2.26. The van der Waals surface area contributed by atoms with Crippen molar-refractivity contribution in [2.75, 3.05) is 0 Å².